The van der Waals surface area contributed by atoms with Gasteiger partial charge in [0.05, 0.1) is 40.2 Å². The average molecular weight is 572 g/mol. The number of anilines is 2. The van der Waals surface area contributed by atoms with Gasteiger partial charge in [0.25, 0.3) is 11.8 Å². The molecule has 5 rings (SSSR count). The number of carbonyl (C=O) groups is 3. The molecule has 2 amide bonds. The van der Waals surface area contributed by atoms with Crippen LogP contribution in [0, 0.1) is 0 Å². The number of ether oxygens (including phenoxy) is 1. The van der Waals surface area contributed by atoms with Crippen LogP contribution < -0.4 is 15.1 Å². The minimum Gasteiger partial charge on any atom is -0.497 e. The number of nitrogens with zero attached hydrogens (tertiary/aromatic N) is 2. The second-order valence-corrected chi connectivity index (χ2v) is 10.3. The maximum absolute atomic E-state index is 13.1. The van der Waals surface area contributed by atoms with Crippen molar-refractivity contribution in [3.8, 4) is 16.2 Å². The monoisotopic (exact) mass is 571 g/mol. The molecule has 200 valence electrons. The molecule has 0 spiro atoms. The summed E-state index contributed by atoms with van der Waals surface area (Å²) in [6, 6.07) is 22.1. The smallest absolute Gasteiger partial charge is 0.335 e. The Morgan fingerprint density at radius 1 is 1.05 bits per heavy atom. The van der Waals surface area contributed by atoms with Crippen LogP contribution in [-0.2, 0) is 4.79 Å². The molecule has 1 aromatic heterocycles. The van der Waals surface area contributed by atoms with Crippen LogP contribution in [0.25, 0.3) is 16.5 Å². The number of carbonyl (C=O) groups excluding carboxylic acids is 2. The average Bonchev–Trinajstić information content (AvgIpc) is 3.53. The van der Waals surface area contributed by atoms with E-state index in [1.54, 1.807) is 68.6 Å². The molecule has 0 bridgehead atoms. The first-order valence-electron chi connectivity index (χ1n) is 12.0. The molecule has 2 N–H and O–H groups in total. The SMILES string of the molecule is COc1cccc(NC(=O)c2cc(-c3ccc(/C=C4\C(=O)N(c5ccc(C(=O)O)cc5)N=C4C)s3)ccc2Cl)c1. The zero-order chi connectivity index (χ0) is 28.4. The number of benzene rings is 3. The molecule has 1 aliphatic rings. The van der Waals surface area contributed by atoms with Crippen molar-refractivity contribution in [2.24, 2.45) is 5.10 Å². The number of hydrazone groups is 1. The van der Waals surface area contributed by atoms with Crippen molar-refractivity contribution in [3.05, 3.63) is 105 Å². The van der Waals surface area contributed by atoms with Gasteiger partial charge in [0.2, 0.25) is 0 Å². The summed E-state index contributed by atoms with van der Waals surface area (Å²) >= 11 is 7.82. The van der Waals surface area contributed by atoms with Crippen LogP contribution in [-0.4, -0.2) is 35.7 Å². The van der Waals surface area contributed by atoms with E-state index in [2.05, 4.69) is 10.4 Å². The Morgan fingerprint density at radius 3 is 2.55 bits per heavy atom. The van der Waals surface area contributed by atoms with E-state index in [4.69, 9.17) is 21.4 Å². The fraction of sp³-hybridized carbons (Fsp3) is 0.0667. The lowest BCUT2D eigenvalue weighted by Crippen LogP contribution is -2.21. The van der Waals surface area contributed by atoms with Crippen LogP contribution in [0.2, 0.25) is 5.02 Å². The molecule has 0 fully saturated rings. The molecule has 4 aromatic rings. The van der Waals surface area contributed by atoms with Crippen molar-refractivity contribution < 1.29 is 24.2 Å². The maximum Gasteiger partial charge on any atom is 0.335 e. The number of aromatic carboxylic acids is 1. The van der Waals surface area contributed by atoms with Crippen molar-refractivity contribution in [1.82, 2.24) is 0 Å². The predicted octanol–water partition coefficient (Wildman–Crippen LogP) is 6.83. The van der Waals surface area contributed by atoms with E-state index >= 15 is 0 Å². The molecular formula is C30H22ClN3O5S. The molecule has 3 aromatic carbocycles. The number of rotatable bonds is 7. The summed E-state index contributed by atoms with van der Waals surface area (Å²) in [5.41, 5.74) is 3.30. The largest absolute Gasteiger partial charge is 0.497 e. The third kappa shape index (κ3) is 5.51. The first-order valence-corrected chi connectivity index (χ1v) is 13.2. The van der Waals surface area contributed by atoms with Gasteiger partial charge in [0, 0.05) is 21.5 Å². The van der Waals surface area contributed by atoms with Gasteiger partial charge in [-0.2, -0.15) is 10.1 Å². The molecule has 10 heteroatoms. The van der Waals surface area contributed by atoms with E-state index in [1.165, 1.54) is 28.5 Å². The summed E-state index contributed by atoms with van der Waals surface area (Å²) in [5, 5.41) is 17.9. The first-order chi connectivity index (χ1) is 19.2. The second-order valence-electron chi connectivity index (χ2n) is 8.80. The summed E-state index contributed by atoms with van der Waals surface area (Å²) in [7, 11) is 1.56. The first kappa shape index (κ1) is 26.9. The summed E-state index contributed by atoms with van der Waals surface area (Å²) in [4.78, 5) is 39.0. The zero-order valence-corrected chi connectivity index (χ0v) is 22.9. The van der Waals surface area contributed by atoms with Gasteiger partial charge >= 0.3 is 5.97 Å². The van der Waals surface area contributed by atoms with Gasteiger partial charge in [0.15, 0.2) is 0 Å². The number of hydrogen-bond donors (Lipinski definition) is 2. The highest BCUT2D eigenvalue weighted by atomic mass is 35.5. The summed E-state index contributed by atoms with van der Waals surface area (Å²) in [6.07, 6.45) is 1.77. The number of nitrogens with one attached hydrogen (secondary N) is 1. The molecule has 40 heavy (non-hydrogen) atoms. The van der Waals surface area contributed by atoms with Crippen LogP contribution in [0.1, 0.15) is 32.5 Å². The second kappa shape index (κ2) is 11.2. The molecule has 0 aliphatic carbocycles. The van der Waals surface area contributed by atoms with Gasteiger partial charge in [0.1, 0.15) is 5.75 Å². The van der Waals surface area contributed by atoms with E-state index in [-0.39, 0.29) is 17.4 Å². The van der Waals surface area contributed by atoms with Gasteiger partial charge in [-0.3, -0.25) is 9.59 Å². The number of methoxy groups -OCH3 is 1. The minimum absolute atomic E-state index is 0.126. The number of carboxylic acid groups (broad SMARTS) is 1. The van der Waals surface area contributed by atoms with Gasteiger partial charge in [-0.1, -0.05) is 23.7 Å². The Kier molecular flexibility index (Phi) is 7.50. The third-order valence-corrected chi connectivity index (χ3v) is 7.57. The standard InChI is InChI=1S/C30H22ClN3O5S/c1-17-24(29(36)34(33-17)21-9-6-18(7-10-21)30(37)38)16-23-11-13-27(40-23)19-8-12-26(31)25(14-19)28(35)32-20-4-3-5-22(15-20)39-2/h3-16H,1-2H3,(H,32,35)(H,37,38)/b24-16-. The van der Waals surface area contributed by atoms with E-state index in [0.29, 0.717) is 39.0 Å². The molecule has 1 aliphatic heterocycles. The molecule has 0 atom stereocenters. The van der Waals surface area contributed by atoms with Gasteiger partial charge in [-0.25, -0.2) is 4.79 Å². The molecule has 0 unspecified atom stereocenters. The number of thiophene rings is 1. The number of hydrogen-bond acceptors (Lipinski definition) is 6. The van der Waals surface area contributed by atoms with Gasteiger partial charge < -0.3 is 15.2 Å². The van der Waals surface area contributed by atoms with Crippen molar-refractivity contribution >= 4 is 63.9 Å². The van der Waals surface area contributed by atoms with Crippen LogP contribution in [0.5, 0.6) is 5.75 Å². The fourth-order valence-corrected chi connectivity index (χ4v) is 5.24. The van der Waals surface area contributed by atoms with Gasteiger partial charge in [-0.15, -0.1) is 11.3 Å². The number of amides is 2. The highest BCUT2D eigenvalue weighted by molar-refractivity contribution is 7.16. The lowest BCUT2D eigenvalue weighted by Gasteiger charge is -2.11. The van der Waals surface area contributed by atoms with Crippen molar-refractivity contribution in [3.63, 3.8) is 0 Å². The minimum atomic E-state index is -1.04. The highest BCUT2D eigenvalue weighted by Crippen LogP contribution is 2.33. The molecule has 0 saturated heterocycles. The number of carboxylic acids is 1. The lowest BCUT2D eigenvalue weighted by molar-refractivity contribution is -0.114. The summed E-state index contributed by atoms with van der Waals surface area (Å²) in [5.74, 6) is -1.08. The Balaban J connectivity index is 1.36. The highest BCUT2D eigenvalue weighted by Gasteiger charge is 2.29. The number of halogens is 1. The van der Waals surface area contributed by atoms with E-state index in [9.17, 15) is 14.4 Å². The molecule has 0 radical (unpaired) electrons. The van der Waals surface area contributed by atoms with Crippen molar-refractivity contribution in [2.45, 2.75) is 6.92 Å². The van der Waals surface area contributed by atoms with Crippen molar-refractivity contribution in [1.29, 1.82) is 0 Å². The Bertz CT molecular complexity index is 1710. The van der Waals surface area contributed by atoms with Crippen LogP contribution in [0.3, 0.4) is 0 Å². The molecule has 8 nitrogen and oxygen atoms in total. The zero-order valence-electron chi connectivity index (χ0n) is 21.3. The molecule has 2 heterocycles. The quantitative estimate of drug-likeness (QED) is 0.236. The summed E-state index contributed by atoms with van der Waals surface area (Å²) in [6.45, 7) is 1.75. The maximum atomic E-state index is 13.1. The fourth-order valence-electron chi connectivity index (χ4n) is 4.08. The van der Waals surface area contributed by atoms with E-state index < -0.39 is 5.97 Å². The van der Waals surface area contributed by atoms with Crippen LogP contribution in [0.15, 0.2) is 89.5 Å². The normalized spacial score (nSPS) is 13.9. The predicted molar refractivity (Wildman–Crippen MR) is 158 cm³/mol. The Hall–Kier alpha value is -4.73. The molecule has 0 saturated carbocycles. The Labute approximate surface area is 238 Å². The lowest BCUT2D eigenvalue weighted by atomic mass is 10.1. The Morgan fingerprint density at radius 2 is 1.82 bits per heavy atom. The van der Waals surface area contributed by atoms with Crippen LogP contribution >= 0.6 is 22.9 Å². The van der Waals surface area contributed by atoms with E-state index in [0.717, 1.165) is 15.3 Å². The van der Waals surface area contributed by atoms with Gasteiger partial charge in [-0.05, 0) is 79.2 Å². The van der Waals surface area contributed by atoms with E-state index in [1.807, 2.05) is 18.2 Å². The topological polar surface area (TPSA) is 108 Å². The van der Waals surface area contributed by atoms with Crippen molar-refractivity contribution in [2.75, 3.05) is 17.4 Å². The van der Waals surface area contributed by atoms with Crippen LogP contribution in [0.4, 0.5) is 11.4 Å². The molecular weight excluding hydrogens is 550 g/mol. The third-order valence-electron chi connectivity index (χ3n) is 6.16. The summed E-state index contributed by atoms with van der Waals surface area (Å²) < 4.78 is 5.22.